The van der Waals surface area contributed by atoms with Crippen LogP contribution in [0.4, 0.5) is 5.69 Å². The number of benzene rings is 1. The number of allylic oxidation sites excluding steroid dienone is 2. The normalized spacial score (nSPS) is 59.4. The standard InChI is InChI=1S/C32H39N/c1-14-15(2)18-10-9-17(14)25-23-13-24(26(18)25)30-29(23)31(3)27-21-12-22(28(27)32(30,31)4)20-11-16(33(5)6)7-8-19(20)21/h7-8,11,17-18,21-30H,1-2,9-10,12-13H2,3-6H3/t17-,18+,21+,22-,23-,24+,25+,26-,27+,28-,29-,30+,31+,32-/m0/s1. The highest BCUT2D eigenvalue weighted by Crippen LogP contribution is 2.95. The summed E-state index contributed by atoms with van der Waals surface area (Å²) in [4.78, 5) is 2.30. The van der Waals surface area contributed by atoms with E-state index < -0.39 is 0 Å². The van der Waals surface area contributed by atoms with Crippen molar-refractivity contribution in [1.29, 1.82) is 0 Å². The summed E-state index contributed by atoms with van der Waals surface area (Å²) < 4.78 is 0. The maximum atomic E-state index is 4.59. The van der Waals surface area contributed by atoms with Crippen molar-refractivity contribution in [2.45, 2.75) is 51.4 Å². The van der Waals surface area contributed by atoms with Crippen molar-refractivity contribution in [2.24, 2.45) is 70.0 Å². The van der Waals surface area contributed by atoms with Gasteiger partial charge in [0.05, 0.1) is 0 Å². The number of fused-ring (bicyclic) bond motifs is 20. The molecule has 172 valence electrons. The Morgan fingerprint density at radius 2 is 1.27 bits per heavy atom. The predicted molar refractivity (Wildman–Crippen MR) is 134 cm³/mol. The van der Waals surface area contributed by atoms with E-state index in [1.54, 1.807) is 17.5 Å². The molecule has 9 aliphatic rings. The van der Waals surface area contributed by atoms with Crippen molar-refractivity contribution in [2.75, 3.05) is 19.0 Å². The molecule has 8 fully saturated rings. The lowest BCUT2D eigenvalue weighted by molar-refractivity contribution is -0.374. The molecule has 0 aliphatic heterocycles. The molecule has 10 rings (SSSR count). The van der Waals surface area contributed by atoms with Crippen LogP contribution in [0.15, 0.2) is 42.5 Å². The molecule has 1 heteroatoms. The maximum Gasteiger partial charge on any atom is 0.0364 e. The number of rotatable bonds is 1. The van der Waals surface area contributed by atoms with Gasteiger partial charge in [0.2, 0.25) is 0 Å². The van der Waals surface area contributed by atoms with E-state index in [1.807, 2.05) is 0 Å². The molecule has 0 aromatic heterocycles. The van der Waals surface area contributed by atoms with Crippen molar-refractivity contribution in [1.82, 2.24) is 0 Å². The lowest BCUT2D eigenvalue weighted by atomic mass is 9.19. The molecule has 0 amide bonds. The molecule has 33 heavy (non-hydrogen) atoms. The average Bonchev–Trinajstić information content (AvgIpc) is 3.56. The lowest BCUT2D eigenvalue weighted by Gasteiger charge is -2.85. The summed E-state index contributed by atoms with van der Waals surface area (Å²) in [6, 6.07) is 7.48. The van der Waals surface area contributed by atoms with Crippen LogP contribution in [0.3, 0.4) is 0 Å². The first-order valence-corrected chi connectivity index (χ1v) is 14.0. The van der Waals surface area contributed by atoms with E-state index in [0.717, 1.165) is 71.0 Å². The van der Waals surface area contributed by atoms with E-state index in [2.05, 4.69) is 64.2 Å². The average molecular weight is 438 g/mol. The predicted octanol–water partition coefficient (Wildman–Crippen LogP) is 6.88. The summed E-state index contributed by atoms with van der Waals surface area (Å²) in [5.74, 6) is 11.1. The van der Waals surface area contributed by atoms with Crippen LogP contribution in [0, 0.1) is 70.0 Å². The molecule has 0 spiro atoms. The van der Waals surface area contributed by atoms with E-state index in [0.29, 0.717) is 10.8 Å². The third-order valence-electron chi connectivity index (χ3n) is 14.4. The van der Waals surface area contributed by atoms with Crippen LogP contribution in [0.5, 0.6) is 0 Å². The van der Waals surface area contributed by atoms with Gasteiger partial charge in [-0.05, 0) is 142 Å². The minimum atomic E-state index is 0.590. The van der Waals surface area contributed by atoms with Crippen LogP contribution < -0.4 is 4.90 Å². The smallest absolute Gasteiger partial charge is 0.0364 e. The number of hydrogen-bond acceptors (Lipinski definition) is 1. The van der Waals surface area contributed by atoms with Gasteiger partial charge in [0.1, 0.15) is 0 Å². The first kappa shape index (κ1) is 18.8. The first-order valence-electron chi connectivity index (χ1n) is 14.0. The van der Waals surface area contributed by atoms with Crippen LogP contribution in [-0.4, -0.2) is 14.1 Å². The Kier molecular flexibility index (Phi) is 2.95. The van der Waals surface area contributed by atoms with E-state index in [4.69, 9.17) is 0 Å². The maximum absolute atomic E-state index is 4.59. The fourth-order valence-corrected chi connectivity index (χ4v) is 13.8. The van der Waals surface area contributed by atoms with Gasteiger partial charge in [-0.25, -0.2) is 0 Å². The molecule has 9 aliphatic carbocycles. The summed E-state index contributed by atoms with van der Waals surface area (Å²) >= 11 is 0. The molecule has 1 nitrogen and oxygen atoms in total. The topological polar surface area (TPSA) is 3.24 Å². The SMILES string of the molecule is C=C1C(=C)[C@@H]2CC[C@H]1[C@H]1[C@H]3C[C@@H]([C@H]12)[C@H]1[C@@H]3[C@]2(C)[C@@H]3[C@@H]([C@@H]4C[C@H]3c3cc(N(C)C)ccc34)[C@]12C. The van der Waals surface area contributed by atoms with Crippen LogP contribution in [0.1, 0.15) is 62.5 Å². The lowest BCUT2D eigenvalue weighted by Crippen LogP contribution is -2.81. The molecule has 0 N–H and O–H groups in total. The zero-order valence-corrected chi connectivity index (χ0v) is 20.9. The zero-order valence-electron chi connectivity index (χ0n) is 20.9. The Balaban J connectivity index is 1.15. The molecule has 0 heterocycles. The summed E-state index contributed by atoms with van der Waals surface area (Å²) in [7, 11) is 4.39. The van der Waals surface area contributed by atoms with Gasteiger partial charge >= 0.3 is 0 Å². The van der Waals surface area contributed by atoms with Crippen LogP contribution in [-0.2, 0) is 0 Å². The fraction of sp³-hybridized carbons (Fsp3) is 0.688. The van der Waals surface area contributed by atoms with Crippen LogP contribution in [0.2, 0.25) is 0 Å². The van der Waals surface area contributed by atoms with Gasteiger partial charge < -0.3 is 4.90 Å². The second kappa shape index (κ2) is 5.19. The largest absolute Gasteiger partial charge is 0.378 e. The number of nitrogens with zero attached hydrogens (tertiary/aromatic N) is 1. The molecular weight excluding hydrogens is 398 g/mol. The van der Waals surface area contributed by atoms with Gasteiger partial charge in [0, 0.05) is 19.8 Å². The third kappa shape index (κ3) is 1.57. The Bertz CT molecular complexity index is 1170. The van der Waals surface area contributed by atoms with Gasteiger partial charge in [0.25, 0.3) is 0 Å². The van der Waals surface area contributed by atoms with Crippen molar-refractivity contribution in [3.8, 4) is 0 Å². The summed E-state index contributed by atoms with van der Waals surface area (Å²) in [6.07, 6.45) is 5.83. The molecule has 1 aromatic rings. The second-order valence-electron chi connectivity index (χ2n) is 14.4. The first-order chi connectivity index (χ1) is 15.8. The Hall–Kier alpha value is -1.50. The highest BCUT2D eigenvalue weighted by molar-refractivity contribution is 5.58. The van der Waals surface area contributed by atoms with Gasteiger partial charge in [-0.1, -0.05) is 33.1 Å². The van der Waals surface area contributed by atoms with Gasteiger partial charge in [-0.15, -0.1) is 0 Å². The molecule has 6 bridgehead atoms. The van der Waals surface area contributed by atoms with Crippen molar-refractivity contribution < 1.29 is 0 Å². The Morgan fingerprint density at radius 3 is 1.82 bits per heavy atom. The minimum Gasteiger partial charge on any atom is -0.378 e. The molecule has 0 radical (unpaired) electrons. The fourth-order valence-electron chi connectivity index (χ4n) is 13.8. The van der Waals surface area contributed by atoms with E-state index in [-0.39, 0.29) is 0 Å². The second-order valence-corrected chi connectivity index (χ2v) is 14.4. The third-order valence-corrected chi connectivity index (χ3v) is 14.4. The Labute approximate surface area is 199 Å². The van der Waals surface area contributed by atoms with E-state index in [9.17, 15) is 0 Å². The van der Waals surface area contributed by atoms with Crippen LogP contribution in [0.25, 0.3) is 0 Å². The molecule has 8 saturated carbocycles. The van der Waals surface area contributed by atoms with Crippen molar-refractivity contribution in [3.63, 3.8) is 0 Å². The molecule has 14 atom stereocenters. The summed E-state index contributed by atoms with van der Waals surface area (Å²) in [6.45, 7) is 14.8. The number of anilines is 1. The van der Waals surface area contributed by atoms with E-state index >= 15 is 0 Å². The molecule has 0 unspecified atom stereocenters. The van der Waals surface area contributed by atoms with E-state index in [1.165, 1.54) is 36.1 Å². The summed E-state index contributed by atoms with van der Waals surface area (Å²) in [5, 5.41) is 0. The van der Waals surface area contributed by atoms with Crippen molar-refractivity contribution >= 4 is 5.69 Å². The summed E-state index contributed by atoms with van der Waals surface area (Å²) in [5.41, 5.74) is 9.01. The highest BCUT2D eigenvalue weighted by Gasteiger charge is 2.90. The minimum absolute atomic E-state index is 0.590. The highest BCUT2D eigenvalue weighted by atomic mass is 15.1. The molecule has 1 aromatic carbocycles. The van der Waals surface area contributed by atoms with Crippen LogP contribution >= 0.6 is 0 Å². The molecule has 0 saturated heterocycles. The monoisotopic (exact) mass is 437 g/mol. The zero-order chi connectivity index (χ0) is 22.3. The quantitative estimate of drug-likeness (QED) is 0.433. The molecular formula is C32H39N. The van der Waals surface area contributed by atoms with Gasteiger partial charge in [-0.3, -0.25) is 0 Å². The van der Waals surface area contributed by atoms with Gasteiger partial charge in [-0.2, -0.15) is 0 Å². The Morgan fingerprint density at radius 1 is 0.727 bits per heavy atom. The number of hydrogen-bond donors (Lipinski definition) is 0. The van der Waals surface area contributed by atoms with Gasteiger partial charge in [0.15, 0.2) is 0 Å². The van der Waals surface area contributed by atoms with Crippen molar-refractivity contribution in [3.05, 3.63) is 53.6 Å².